The Kier molecular flexibility index (Phi) is 14.7. The Balaban J connectivity index is -0.0000000417. The van der Waals surface area contributed by atoms with Crippen LogP contribution in [0.1, 0.15) is 1.43 Å². The maximum absolute atomic E-state index is 9.08. The van der Waals surface area contributed by atoms with Crippen molar-refractivity contribution in [1.82, 2.24) is 0 Å². The molecule has 0 amide bonds. The first-order chi connectivity index (χ1) is 2.56. The molecule has 0 spiro atoms. The van der Waals surface area contributed by atoms with E-state index in [-0.39, 0.29) is 69.9 Å². The Labute approximate surface area is 101 Å². The zero-order valence-corrected chi connectivity index (χ0v) is 10.1. The van der Waals surface area contributed by atoms with E-state index in [2.05, 4.69) is 4.33 Å². The van der Waals surface area contributed by atoms with Crippen LogP contribution in [0.2, 0.25) is 0 Å². The molecular formula is H5KO5SSe. The molecule has 0 heterocycles. The molecule has 5 nitrogen and oxygen atoms in total. The molecule has 8 heavy (non-hydrogen) atoms. The Morgan fingerprint density at radius 1 is 1.50 bits per heavy atom. The van der Waals surface area contributed by atoms with Gasteiger partial charge in [-0.05, 0) is 0 Å². The summed E-state index contributed by atoms with van der Waals surface area (Å²) in [7, 11) is -4.61. The third-order valence-electron chi connectivity index (χ3n) is 0.0942. The van der Waals surface area contributed by atoms with E-state index < -0.39 is 10.4 Å². The normalized spacial score (nSPS) is 8.75. The van der Waals surface area contributed by atoms with E-state index in [0.29, 0.717) is 0 Å². The zero-order valence-electron chi connectivity index (χ0n) is 5.03. The predicted molar refractivity (Wildman–Crippen MR) is 24.9 cm³/mol. The van der Waals surface area contributed by atoms with Crippen LogP contribution < -0.4 is 51.4 Å². The van der Waals surface area contributed by atoms with Gasteiger partial charge in [0, 0.05) is 0 Å². The van der Waals surface area contributed by atoms with E-state index in [4.69, 9.17) is 18.2 Å². The van der Waals surface area contributed by atoms with Crippen molar-refractivity contribution >= 4 is 27.5 Å². The average molecular weight is 235 g/mol. The Morgan fingerprint density at radius 2 is 1.62 bits per heavy atom. The van der Waals surface area contributed by atoms with Gasteiger partial charge in [-0.2, -0.15) is 8.42 Å². The zero-order chi connectivity index (χ0) is 5.21. The molecule has 0 saturated carbocycles. The van der Waals surface area contributed by atoms with Gasteiger partial charge in [-0.25, -0.2) is 5.26 Å². The van der Waals surface area contributed by atoms with E-state index in [1.807, 2.05) is 0 Å². The van der Waals surface area contributed by atoms with Crippen LogP contribution in [0.3, 0.4) is 0 Å². The van der Waals surface area contributed by atoms with Crippen molar-refractivity contribution in [2.24, 2.45) is 0 Å². The van der Waals surface area contributed by atoms with Gasteiger partial charge in [0.1, 0.15) is 0 Å². The fourth-order valence-electron chi connectivity index (χ4n) is 0. The molecule has 0 aliphatic rings. The number of rotatable bonds is 1. The summed E-state index contributed by atoms with van der Waals surface area (Å²) in [5, 5.41) is 7.06. The van der Waals surface area contributed by atoms with Gasteiger partial charge in [0.05, 0.1) is 0 Å². The topological polar surface area (TPSA) is 83.8 Å². The van der Waals surface area contributed by atoms with Crippen LogP contribution in [0.5, 0.6) is 0 Å². The fourth-order valence-corrected chi connectivity index (χ4v) is 0. The van der Waals surface area contributed by atoms with Gasteiger partial charge < -0.3 is 1.43 Å². The second kappa shape index (κ2) is 7.10. The number of hydrogen-bond donors (Lipinski definition) is 2. The molecule has 0 aromatic carbocycles. The van der Waals surface area contributed by atoms with Gasteiger partial charge in [-0.3, -0.25) is 4.55 Å². The molecule has 0 rings (SSSR count). The second-order valence-electron chi connectivity index (χ2n) is 0.502. The Morgan fingerprint density at radius 3 is 1.62 bits per heavy atom. The van der Waals surface area contributed by atoms with Crippen LogP contribution in [0, 0.1) is 0 Å². The molecule has 0 atom stereocenters. The molecular weight excluding hydrogens is 230 g/mol. The Hall–Kier alpha value is 1.99. The van der Waals surface area contributed by atoms with Gasteiger partial charge in [-0.1, -0.05) is 4.33 Å². The van der Waals surface area contributed by atoms with Crippen LogP contribution >= 0.6 is 0 Å². The molecule has 48 valence electrons. The SMILES string of the molecule is O=S(=O)(O)OO.[H-].[K+].[SeH2]. The first-order valence-corrected chi connectivity index (χ1v) is 2.23. The molecule has 0 aromatic heterocycles. The molecule has 0 aliphatic heterocycles. The molecule has 2 N–H and O–H groups in total. The summed E-state index contributed by atoms with van der Waals surface area (Å²) in [6.45, 7) is 0. The first kappa shape index (κ1) is 16.5. The summed E-state index contributed by atoms with van der Waals surface area (Å²) >= 11 is 0. The predicted octanol–water partition coefficient (Wildman–Crippen LogP) is -4.52. The van der Waals surface area contributed by atoms with Crippen molar-refractivity contribution < 1.29 is 75.4 Å². The van der Waals surface area contributed by atoms with Gasteiger partial charge >= 0.3 is 78.9 Å². The van der Waals surface area contributed by atoms with E-state index in [0.717, 1.165) is 0 Å². The summed E-state index contributed by atoms with van der Waals surface area (Å²) in [5.74, 6) is 0. The standard InChI is InChI=1S/K.H2O5S.H2Se.H/c;1-5-6(2,3)4;;/h;1H,(H,2,3,4);1H2;/q+1;;;-1. The average Bonchev–Trinajstić information content (AvgIpc) is 1.35. The fraction of sp³-hybridized carbons (Fsp3) is 0. The van der Waals surface area contributed by atoms with Gasteiger partial charge in [-0.15, -0.1) is 0 Å². The third kappa shape index (κ3) is 15.7. The minimum atomic E-state index is -4.61. The summed E-state index contributed by atoms with van der Waals surface area (Å²) in [5.41, 5.74) is 0. The monoisotopic (exact) mass is 236 g/mol. The van der Waals surface area contributed by atoms with Crippen LogP contribution in [-0.2, 0) is 14.7 Å². The second-order valence-corrected chi connectivity index (χ2v) is 1.51. The summed E-state index contributed by atoms with van der Waals surface area (Å²) in [4.78, 5) is 0. The van der Waals surface area contributed by atoms with Crippen molar-refractivity contribution in [3.8, 4) is 0 Å². The van der Waals surface area contributed by atoms with E-state index in [1.165, 1.54) is 0 Å². The summed E-state index contributed by atoms with van der Waals surface area (Å²) in [6.07, 6.45) is 0. The molecule has 0 unspecified atom stereocenters. The molecule has 0 saturated heterocycles. The first-order valence-electron chi connectivity index (χ1n) is 0.865. The van der Waals surface area contributed by atoms with Crippen molar-refractivity contribution in [2.45, 2.75) is 0 Å². The van der Waals surface area contributed by atoms with Crippen molar-refractivity contribution in [1.29, 1.82) is 0 Å². The van der Waals surface area contributed by atoms with Crippen LogP contribution in [0.25, 0.3) is 0 Å². The van der Waals surface area contributed by atoms with Gasteiger partial charge in [0.2, 0.25) is 0 Å². The molecule has 8 heteroatoms. The van der Waals surface area contributed by atoms with Gasteiger partial charge in [0.25, 0.3) is 0 Å². The van der Waals surface area contributed by atoms with E-state index in [1.54, 1.807) is 0 Å². The van der Waals surface area contributed by atoms with Gasteiger partial charge in [0.15, 0.2) is 0 Å². The molecule has 0 fully saturated rings. The number of hydrogen-bond acceptors (Lipinski definition) is 4. The van der Waals surface area contributed by atoms with Crippen molar-refractivity contribution in [3.05, 3.63) is 0 Å². The van der Waals surface area contributed by atoms with Crippen LogP contribution in [0.15, 0.2) is 0 Å². The molecule has 0 radical (unpaired) electrons. The third-order valence-corrected chi connectivity index (χ3v) is 0.283. The molecule has 0 bridgehead atoms. The molecule has 0 aliphatic carbocycles. The van der Waals surface area contributed by atoms with Crippen LogP contribution in [0.4, 0.5) is 0 Å². The maximum atomic E-state index is 9.08. The molecule has 0 aromatic rings. The van der Waals surface area contributed by atoms with E-state index in [9.17, 15) is 0 Å². The summed E-state index contributed by atoms with van der Waals surface area (Å²) in [6, 6.07) is 0. The quantitative estimate of drug-likeness (QED) is 0.207. The van der Waals surface area contributed by atoms with Crippen molar-refractivity contribution in [3.63, 3.8) is 0 Å². The summed E-state index contributed by atoms with van der Waals surface area (Å²) < 4.78 is 28.0. The van der Waals surface area contributed by atoms with Crippen LogP contribution in [-0.4, -0.2) is 35.3 Å². The van der Waals surface area contributed by atoms with Crippen molar-refractivity contribution in [2.75, 3.05) is 0 Å². The minimum absolute atomic E-state index is 0. The Bertz CT molecular complexity index is 119. The van der Waals surface area contributed by atoms with E-state index >= 15 is 0 Å².